The summed E-state index contributed by atoms with van der Waals surface area (Å²) in [6.45, 7) is -0.299. The lowest BCUT2D eigenvalue weighted by atomic mass is 10.0. The van der Waals surface area contributed by atoms with E-state index in [4.69, 9.17) is 9.47 Å². The Bertz CT molecular complexity index is 1880. The van der Waals surface area contributed by atoms with Gasteiger partial charge in [0.15, 0.2) is 6.04 Å². The molecule has 5 aromatic rings. The second-order valence-corrected chi connectivity index (χ2v) is 10.2. The van der Waals surface area contributed by atoms with Crippen LogP contribution in [0.2, 0.25) is 0 Å². The van der Waals surface area contributed by atoms with Gasteiger partial charge in [0.2, 0.25) is 0 Å². The molecule has 4 aromatic carbocycles. The van der Waals surface area contributed by atoms with Crippen molar-refractivity contribution >= 4 is 17.6 Å². The summed E-state index contributed by atoms with van der Waals surface area (Å²) in [5, 5.41) is 12.6. The Hall–Kier alpha value is -5.68. The number of nitrogens with zero attached hydrogens (tertiary/aromatic N) is 1. The molecule has 0 fully saturated rings. The fourth-order valence-corrected chi connectivity index (χ4v) is 4.62. The lowest BCUT2D eigenvalue weighted by Gasteiger charge is -2.20. The number of halogens is 3. The molecule has 5 rings (SSSR count). The first-order valence-electron chi connectivity index (χ1n) is 14.0. The number of carbonyl (C=O) groups excluding carboxylic acids is 1. The van der Waals surface area contributed by atoms with Crippen LogP contribution in [0, 0.1) is 0 Å². The number of aliphatic carboxylic acids is 1. The van der Waals surface area contributed by atoms with Crippen LogP contribution in [-0.2, 0) is 22.3 Å². The van der Waals surface area contributed by atoms with Gasteiger partial charge in [0.1, 0.15) is 17.2 Å². The predicted octanol–water partition coefficient (Wildman–Crippen LogP) is 7.42. The molecular formula is C35H27F3N2O6. The second kappa shape index (κ2) is 14.0. The van der Waals surface area contributed by atoms with Crippen LogP contribution < -0.4 is 15.6 Å². The van der Waals surface area contributed by atoms with Crippen LogP contribution in [0.4, 0.5) is 18.9 Å². The fraction of sp³-hybridized carbons (Fsp3) is 0.114. The Balaban J connectivity index is 1.54. The minimum absolute atomic E-state index is 0.0876. The number of amides is 1. The van der Waals surface area contributed by atoms with E-state index in [1.165, 1.54) is 12.3 Å². The van der Waals surface area contributed by atoms with Gasteiger partial charge in [-0.1, -0.05) is 66.7 Å². The van der Waals surface area contributed by atoms with Crippen molar-refractivity contribution < 1.29 is 37.3 Å². The first-order valence-corrected chi connectivity index (χ1v) is 14.0. The number of anilines is 1. The Morgan fingerprint density at radius 1 is 0.848 bits per heavy atom. The first-order chi connectivity index (χ1) is 22.1. The zero-order valence-electron chi connectivity index (χ0n) is 24.1. The number of carboxylic acids is 1. The van der Waals surface area contributed by atoms with Gasteiger partial charge in [0.25, 0.3) is 11.5 Å². The van der Waals surface area contributed by atoms with Crippen molar-refractivity contribution in [3.05, 3.63) is 149 Å². The van der Waals surface area contributed by atoms with E-state index in [-0.39, 0.29) is 24.5 Å². The topological polar surface area (TPSA) is 107 Å². The van der Waals surface area contributed by atoms with E-state index in [0.29, 0.717) is 22.6 Å². The smallest absolute Gasteiger partial charge is 0.416 e. The number of hydrogen-bond acceptors (Lipinski definition) is 5. The number of benzene rings is 4. The molecule has 0 aliphatic rings. The lowest BCUT2D eigenvalue weighted by molar-refractivity contribution is -0.143. The molecule has 1 aromatic heterocycles. The van der Waals surface area contributed by atoms with Crippen LogP contribution in [0.25, 0.3) is 11.1 Å². The predicted molar refractivity (Wildman–Crippen MR) is 165 cm³/mol. The largest absolute Gasteiger partial charge is 0.480 e. The molecule has 234 valence electrons. The molecule has 0 saturated carbocycles. The second-order valence-electron chi connectivity index (χ2n) is 10.2. The number of nitrogens with one attached hydrogen (secondary N) is 1. The molecule has 46 heavy (non-hydrogen) atoms. The Labute approximate surface area is 261 Å². The van der Waals surface area contributed by atoms with Gasteiger partial charge in [-0.25, -0.2) is 4.79 Å². The number of para-hydroxylation sites is 2. The summed E-state index contributed by atoms with van der Waals surface area (Å²) in [6.07, 6.45) is -3.26. The highest BCUT2D eigenvalue weighted by atomic mass is 19.4. The maximum absolute atomic E-state index is 13.7. The van der Waals surface area contributed by atoms with E-state index in [0.717, 1.165) is 34.4 Å². The molecule has 0 unspecified atom stereocenters. The van der Waals surface area contributed by atoms with Gasteiger partial charge >= 0.3 is 12.1 Å². The minimum atomic E-state index is -4.60. The van der Waals surface area contributed by atoms with Gasteiger partial charge in [-0.3, -0.25) is 14.2 Å². The van der Waals surface area contributed by atoms with Crippen LogP contribution >= 0.6 is 0 Å². The molecule has 1 heterocycles. The molecule has 0 spiro atoms. The highest BCUT2D eigenvalue weighted by Gasteiger charge is 2.30. The molecule has 0 bridgehead atoms. The number of ether oxygens (including phenoxy) is 2. The van der Waals surface area contributed by atoms with Crippen LogP contribution in [-0.4, -0.2) is 28.2 Å². The van der Waals surface area contributed by atoms with Crippen molar-refractivity contribution in [2.75, 3.05) is 11.9 Å². The van der Waals surface area contributed by atoms with Crippen LogP contribution in [0.5, 0.6) is 11.5 Å². The van der Waals surface area contributed by atoms with E-state index < -0.39 is 35.2 Å². The summed E-state index contributed by atoms with van der Waals surface area (Å²) in [5.41, 5.74) is -0.652. The monoisotopic (exact) mass is 628 g/mol. The molecule has 1 atom stereocenters. The van der Waals surface area contributed by atoms with Crippen molar-refractivity contribution in [1.82, 2.24) is 4.57 Å². The fourth-order valence-electron chi connectivity index (χ4n) is 4.62. The van der Waals surface area contributed by atoms with Crippen molar-refractivity contribution in [1.29, 1.82) is 0 Å². The quantitative estimate of drug-likeness (QED) is 0.158. The van der Waals surface area contributed by atoms with Crippen molar-refractivity contribution in [3.8, 4) is 22.6 Å². The first kappa shape index (κ1) is 31.7. The number of carboxylic acid groups (broad SMARTS) is 1. The van der Waals surface area contributed by atoms with Gasteiger partial charge < -0.3 is 19.9 Å². The SMILES string of the molecule is O=C(Nc1cc(-c2ccccc2Oc2ccccc2)cn([C@@H](COCc2ccccc2)C(=O)O)c1=O)c1ccc(C(F)(F)F)cc1. The average Bonchev–Trinajstić information content (AvgIpc) is 3.05. The van der Waals surface area contributed by atoms with Crippen LogP contribution in [0.15, 0.2) is 126 Å². The third kappa shape index (κ3) is 7.69. The summed E-state index contributed by atoms with van der Waals surface area (Å²) in [4.78, 5) is 39.3. The molecule has 11 heteroatoms. The zero-order valence-corrected chi connectivity index (χ0v) is 24.1. The summed E-state index contributed by atoms with van der Waals surface area (Å²) in [6, 6.07) is 28.2. The molecule has 0 radical (unpaired) electrons. The van der Waals surface area contributed by atoms with Gasteiger partial charge in [0.05, 0.1) is 18.8 Å². The molecular weight excluding hydrogens is 601 g/mol. The van der Waals surface area contributed by atoms with E-state index in [9.17, 15) is 32.7 Å². The normalized spacial score (nSPS) is 11.9. The third-order valence-corrected chi connectivity index (χ3v) is 6.94. The van der Waals surface area contributed by atoms with E-state index >= 15 is 0 Å². The van der Waals surface area contributed by atoms with Gasteiger partial charge in [-0.2, -0.15) is 13.2 Å². The molecule has 0 aliphatic heterocycles. The summed E-state index contributed by atoms with van der Waals surface area (Å²) < 4.78 is 51.9. The van der Waals surface area contributed by atoms with Gasteiger partial charge in [-0.05, 0) is 54.1 Å². The lowest BCUT2D eigenvalue weighted by Crippen LogP contribution is -2.34. The minimum Gasteiger partial charge on any atom is -0.480 e. The van der Waals surface area contributed by atoms with Crippen molar-refractivity contribution in [3.63, 3.8) is 0 Å². The third-order valence-electron chi connectivity index (χ3n) is 6.94. The van der Waals surface area contributed by atoms with Gasteiger partial charge in [0, 0.05) is 22.9 Å². The Kier molecular flexibility index (Phi) is 9.63. The summed E-state index contributed by atoms with van der Waals surface area (Å²) >= 11 is 0. The summed E-state index contributed by atoms with van der Waals surface area (Å²) in [7, 11) is 0. The number of alkyl halides is 3. The zero-order chi connectivity index (χ0) is 32.7. The summed E-state index contributed by atoms with van der Waals surface area (Å²) in [5.74, 6) is -1.32. The van der Waals surface area contributed by atoms with E-state index in [1.54, 1.807) is 60.7 Å². The van der Waals surface area contributed by atoms with Crippen LogP contribution in [0.1, 0.15) is 27.5 Å². The maximum atomic E-state index is 13.7. The van der Waals surface area contributed by atoms with Gasteiger partial charge in [-0.15, -0.1) is 0 Å². The Morgan fingerprint density at radius 2 is 1.48 bits per heavy atom. The standard InChI is InChI=1S/C35H27F3N2O6/c36-35(37,38)26-17-15-24(16-18-26)32(41)39-29-19-25(28-13-7-8-14-31(28)46-27-11-5-2-6-12-27)20-40(33(29)42)30(34(43)44)22-45-21-23-9-3-1-4-10-23/h1-20,30H,21-22H2,(H,39,41)(H,43,44)/t30-/m0/s1. The number of pyridine rings is 1. The number of aromatic nitrogens is 1. The number of hydrogen-bond donors (Lipinski definition) is 2. The highest BCUT2D eigenvalue weighted by Crippen LogP contribution is 2.34. The average molecular weight is 629 g/mol. The Morgan fingerprint density at radius 3 is 2.13 bits per heavy atom. The number of rotatable bonds is 11. The van der Waals surface area contributed by atoms with E-state index in [2.05, 4.69) is 5.32 Å². The molecule has 1 amide bonds. The molecule has 2 N–H and O–H groups in total. The van der Waals surface area contributed by atoms with E-state index in [1.807, 2.05) is 24.3 Å². The molecule has 0 aliphatic carbocycles. The van der Waals surface area contributed by atoms with Crippen LogP contribution in [0.3, 0.4) is 0 Å². The maximum Gasteiger partial charge on any atom is 0.416 e. The van der Waals surface area contributed by atoms with Crippen molar-refractivity contribution in [2.24, 2.45) is 0 Å². The highest BCUT2D eigenvalue weighted by molar-refractivity contribution is 6.04. The number of carbonyl (C=O) groups is 2. The molecule has 0 saturated heterocycles. The molecule has 8 nitrogen and oxygen atoms in total. The van der Waals surface area contributed by atoms with Crippen molar-refractivity contribution in [2.45, 2.75) is 18.8 Å².